The fraction of sp³-hybridized carbons (Fsp3) is 0.538. The third-order valence-corrected chi connectivity index (χ3v) is 3.22. The van der Waals surface area contributed by atoms with Gasteiger partial charge in [-0.3, -0.25) is 4.39 Å². The lowest BCUT2D eigenvalue weighted by Crippen LogP contribution is -2.40. The topological polar surface area (TPSA) is 12.0 Å². The molecule has 3 heteroatoms. The maximum Gasteiger partial charge on any atom is 0.123 e. The molecule has 1 fully saturated rings. The number of benzene rings is 1. The third kappa shape index (κ3) is 2.79. The molecular formula is C13H17F2N. The summed E-state index contributed by atoms with van der Waals surface area (Å²) in [4.78, 5) is 0. The highest BCUT2D eigenvalue weighted by Crippen LogP contribution is 2.36. The van der Waals surface area contributed by atoms with Crippen molar-refractivity contribution in [1.82, 2.24) is 5.32 Å². The van der Waals surface area contributed by atoms with Crippen LogP contribution < -0.4 is 5.32 Å². The van der Waals surface area contributed by atoms with Gasteiger partial charge in [0, 0.05) is 6.04 Å². The lowest BCUT2D eigenvalue weighted by molar-refractivity contribution is 0.286. The van der Waals surface area contributed by atoms with E-state index in [1.165, 1.54) is 17.7 Å². The van der Waals surface area contributed by atoms with Gasteiger partial charge in [0.1, 0.15) is 5.82 Å². The molecule has 0 radical (unpaired) electrons. The van der Waals surface area contributed by atoms with Gasteiger partial charge in [-0.05, 0) is 49.4 Å². The maximum atomic E-state index is 12.7. The van der Waals surface area contributed by atoms with Crippen LogP contribution in [-0.2, 0) is 0 Å². The minimum atomic E-state index is -0.249. The van der Waals surface area contributed by atoms with Crippen molar-refractivity contribution in [2.24, 2.45) is 0 Å². The molecule has 1 aliphatic carbocycles. The maximum absolute atomic E-state index is 12.7. The summed E-state index contributed by atoms with van der Waals surface area (Å²) in [6.07, 6.45) is 2.76. The van der Waals surface area contributed by atoms with Crippen LogP contribution in [0, 0.1) is 5.82 Å². The zero-order valence-corrected chi connectivity index (χ0v) is 9.26. The van der Waals surface area contributed by atoms with Crippen molar-refractivity contribution in [3.8, 4) is 0 Å². The molecule has 0 amide bonds. The molecule has 0 aromatic heterocycles. The van der Waals surface area contributed by atoms with E-state index in [1.807, 2.05) is 12.1 Å². The Kier molecular flexibility index (Phi) is 3.88. The van der Waals surface area contributed by atoms with Gasteiger partial charge in [0.15, 0.2) is 0 Å². The van der Waals surface area contributed by atoms with Crippen molar-refractivity contribution in [1.29, 1.82) is 0 Å². The van der Waals surface area contributed by atoms with Gasteiger partial charge in [0.25, 0.3) is 0 Å². The molecule has 0 atom stereocenters. The Morgan fingerprint density at radius 1 is 1.19 bits per heavy atom. The summed E-state index contributed by atoms with van der Waals surface area (Å²) in [7, 11) is 0. The summed E-state index contributed by atoms with van der Waals surface area (Å²) in [5, 5.41) is 3.32. The van der Waals surface area contributed by atoms with Gasteiger partial charge in [-0.2, -0.15) is 0 Å². The van der Waals surface area contributed by atoms with E-state index in [0.717, 1.165) is 19.4 Å². The van der Waals surface area contributed by atoms with E-state index < -0.39 is 0 Å². The van der Waals surface area contributed by atoms with E-state index >= 15 is 0 Å². The fourth-order valence-electron chi connectivity index (χ4n) is 2.16. The van der Waals surface area contributed by atoms with Crippen LogP contribution in [0.15, 0.2) is 24.3 Å². The highest BCUT2D eigenvalue weighted by atomic mass is 19.1. The Morgan fingerprint density at radius 2 is 1.88 bits per heavy atom. The van der Waals surface area contributed by atoms with E-state index in [2.05, 4.69) is 5.32 Å². The lowest BCUT2D eigenvalue weighted by atomic mass is 9.76. The summed E-state index contributed by atoms with van der Waals surface area (Å²) in [5.41, 5.74) is 1.21. The number of alkyl halides is 1. The van der Waals surface area contributed by atoms with Gasteiger partial charge in [0.05, 0.1) is 6.67 Å². The second-order valence-electron chi connectivity index (χ2n) is 4.41. The number of nitrogens with one attached hydrogen (secondary N) is 1. The molecule has 1 saturated carbocycles. The average molecular weight is 225 g/mol. The molecule has 0 bridgehead atoms. The van der Waals surface area contributed by atoms with Crippen molar-refractivity contribution >= 4 is 0 Å². The van der Waals surface area contributed by atoms with Crippen molar-refractivity contribution in [3.05, 3.63) is 35.6 Å². The first-order valence-corrected chi connectivity index (χ1v) is 5.84. The van der Waals surface area contributed by atoms with Crippen LogP contribution in [0.4, 0.5) is 8.78 Å². The van der Waals surface area contributed by atoms with Gasteiger partial charge >= 0.3 is 0 Å². The third-order valence-electron chi connectivity index (χ3n) is 3.22. The van der Waals surface area contributed by atoms with E-state index in [9.17, 15) is 8.78 Å². The van der Waals surface area contributed by atoms with Crippen LogP contribution in [0.1, 0.15) is 30.7 Å². The molecule has 1 aliphatic rings. The molecule has 0 unspecified atom stereocenters. The average Bonchev–Trinajstić information content (AvgIpc) is 2.23. The zero-order chi connectivity index (χ0) is 11.4. The summed E-state index contributed by atoms with van der Waals surface area (Å²) >= 11 is 0. The van der Waals surface area contributed by atoms with Crippen LogP contribution in [0.25, 0.3) is 0 Å². The van der Waals surface area contributed by atoms with Crippen molar-refractivity contribution in [2.45, 2.75) is 31.2 Å². The molecule has 0 aliphatic heterocycles. The van der Waals surface area contributed by atoms with Gasteiger partial charge < -0.3 is 5.32 Å². The van der Waals surface area contributed by atoms with Crippen molar-refractivity contribution in [3.63, 3.8) is 0 Å². The summed E-state index contributed by atoms with van der Waals surface area (Å²) < 4.78 is 24.6. The Labute approximate surface area is 94.9 Å². The minimum absolute atomic E-state index is 0.180. The molecular weight excluding hydrogens is 208 g/mol. The van der Waals surface area contributed by atoms with Crippen LogP contribution in [0.3, 0.4) is 0 Å². The van der Waals surface area contributed by atoms with Gasteiger partial charge in [-0.25, -0.2) is 4.39 Å². The lowest BCUT2D eigenvalue weighted by Gasteiger charge is -2.36. The first-order chi connectivity index (χ1) is 7.79. The van der Waals surface area contributed by atoms with Gasteiger partial charge in [0.2, 0.25) is 0 Å². The first kappa shape index (κ1) is 11.5. The van der Waals surface area contributed by atoms with Gasteiger partial charge in [-0.1, -0.05) is 12.1 Å². The normalized spacial score (nSPS) is 24.1. The van der Waals surface area contributed by atoms with Gasteiger partial charge in [-0.15, -0.1) is 0 Å². The largest absolute Gasteiger partial charge is 0.314 e. The van der Waals surface area contributed by atoms with E-state index in [4.69, 9.17) is 0 Å². The van der Waals surface area contributed by atoms with Crippen LogP contribution in [0.5, 0.6) is 0 Å². The summed E-state index contributed by atoms with van der Waals surface area (Å²) in [6, 6.07) is 7.26. The molecule has 1 aromatic carbocycles. The second kappa shape index (κ2) is 5.39. The minimum Gasteiger partial charge on any atom is -0.314 e. The predicted molar refractivity (Wildman–Crippen MR) is 60.8 cm³/mol. The summed E-state index contributed by atoms with van der Waals surface area (Å²) in [6.45, 7) is 0.512. The molecule has 1 nitrogen and oxygen atoms in total. The first-order valence-electron chi connectivity index (χ1n) is 5.84. The molecule has 0 heterocycles. The van der Waals surface area contributed by atoms with Crippen LogP contribution >= 0.6 is 0 Å². The SMILES string of the molecule is FCCCNC1CC(c2ccc(F)cc2)C1. The second-order valence-corrected chi connectivity index (χ2v) is 4.41. The molecule has 2 rings (SSSR count). The predicted octanol–water partition coefficient (Wildman–Crippen LogP) is 3.02. The molecule has 88 valence electrons. The molecule has 1 N–H and O–H groups in total. The molecule has 1 aromatic rings. The quantitative estimate of drug-likeness (QED) is 0.759. The molecule has 0 saturated heterocycles. The summed E-state index contributed by atoms with van der Waals surface area (Å²) in [5.74, 6) is 0.365. The van der Waals surface area contributed by atoms with Crippen molar-refractivity contribution in [2.75, 3.05) is 13.2 Å². The van der Waals surface area contributed by atoms with E-state index in [-0.39, 0.29) is 12.5 Å². The number of rotatable bonds is 5. The van der Waals surface area contributed by atoms with E-state index in [0.29, 0.717) is 18.4 Å². The van der Waals surface area contributed by atoms with E-state index in [1.54, 1.807) is 0 Å². The Hall–Kier alpha value is -0.960. The van der Waals surface area contributed by atoms with Crippen LogP contribution in [0.2, 0.25) is 0 Å². The number of halogens is 2. The van der Waals surface area contributed by atoms with Crippen LogP contribution in [-0.4, -0.2) is 19.3 Å². The highest BCUT2D eigenvalue weighted by molar-refractivity contribution is 5.23. The Bertz CT molecular complexity index is 317. The fourth-order valence-corrected chi connectivity index (χ4v) is 2.16. The smallest absolute Gasteiger partial charge is 0.123 e. The Balaban J connectivity index is 1.73. The zero-order valence-electron chi connectivity index (χ0n) is 9.26. The molecule has 16 heavy (non-hydrogen) atoms. The number of hydrogen-bond donors (Lipinski definition) is 1. The highest BCUT2D eigenvalue weighted by Gasteiger charge is 2.29. The molecule has 0 spiro atoms. The monoisotopic (exact) mass is 225 g/mol. The Morgan fingerprint density at radius 3 is 2.50 bits per heavy atom. The van der Waals surface area contributed by atoms with Crippen molar-refractivity contribution < 1.29 is 8.78 Å². The number of hydrogen-bond acceptors (Lipinski definition) is 1. The standard InChI is InChI=1S/C13H17F2N/c14-6-1-7-16-13-8-11(9-13)10-2-4-12(15)5-3-10/h2-5,11,13,16H,1,6-9H2.